The summed E-state index contributed by atoms with van der Waals surface area (Å²) >= 11 is 0. The quantitative estimate of drug-likeness (QED) is 0.177. The molecule has 2 nitrogen and oxygen atoms in total. The molecule has 0 bridgehead atoms. The van der Waals surface area contributed by atoms with Gasteiger partial charge in [0.15, 0.2) is 5.58 Å². The molecular formula is C47H29NO. The van der Waals surface area contributed by atoms with Gasteiger partial charge in [-0.1, -0.05) is 151 Å². The fraction of sp³-hybridized carbons (Fsp3) is 0.0213. The van der Waals surface area contributed by atoms with Gasteiger partial charge in [-0.2, -0.15) is 0 Å². The van der Waals surface area contributed by atoms with E-state index in [0.29, 0.717) is 0 Å². The van der Waals surface area contributed by atoms with Crippen molar-refractivity contribution in [3.8, 4) is 11.1 Å². The minimum absolute atomic E-state index is 0.471. The van der Waals surface area contributed by atoms with E-state index in [2.05, 4.69) is 180 Å². The van der Waals surface area contributed by atoms with Gasteiger partial charge in [0, 0.05) is 27.6 Å². The Morgan fingerprint density at radius 1 is 0.510 bits per heavy atom. The highest BCUT2D eigenvalue weighted by Crippen LogP contribution is 2.58. The Balaban J connectivity index is 1.25. The average molecular weight is 624 g/mol. The molecule has 0 atom stereocenters. The molecule has 10 rings (SSSR count). The Morgan fingerprint density at radius 3 is 1.94 bits per heavy atom. The summed E-state index contributed by atoms with van der Waals surface area (Å²) in [7, 11) is 0. The van der Waals surface area contributed by atoms with Gasteiger partial charge in [0.1, 0.15) is 11.3 Å². The number of fused-ring (bicyclic) bond motifs is 8. The molecule has 0 saturated heterocycles. The fourth-order valence-corrected chi connectivity index (χ4v) is 8.21. The van der Waals surface area contributed by atoms with Crippen molar-refractivity contribution < 1.29 is 4.42 Å². The third-order valence-electron chi connectivity index (χ3n) is 10.2. The lowest BCUT2D eigenvalue weighted by Gasteiger charge is -2.34. The van der Waals surface area contributed by atoms with Crippen molar-refractivity contribution in [3.63, 3.8) is 0 Å². The van der Waals surface area contributed by atoms with E-state index in [1.54, 1.807) is 0 Å². The van der Waals surface area contributed by atoms with Gasteiger partial charge in [-0.25, -0.2) is 0 Å². The zero-order valence-electron chi connectivity index (χ0n) is 26.6. The van der Waals surface area contributed by atoms with Crippen LogP contribution >= 0.6 is 0 Å². The first kappa shape index (κ1) is 27.5. The summed E-state index contributed by atoms with van der Waals surface area (Å²) in [6.45, 7) is 0. The second-order valence-corrected chi connectivity index (χ2v) is 12.7. The van der Waals surface area contributed by atoms with Crippen molar-refractivity contribution >= 4 is 45.1 Å². The first-order valence-corrected chi connectivity index (χ1v) is 16.7. The SMILES string of the molecule is C1=C=C(N(c2ccccc2)c2cccc3c2oc2ccccc23)c2ccc3c(c2C=1)-c1ccccc1C3(c1ccccc1)c1ccccc1. The highest BCUT2D eigenvalue weighted by Gasteiger charge is 2.47. The van der Waals surface area contributed by atoms with E-state index in [-0.39, 0.29) is 0 Å². The van der Waals surface area contributed by atoms with Gasteiger partial charge in [0.2, 0.25) is 0 Å². The molecule has 0 amide bonds. The molecule has 7 aromatic carbocycles. The molecule has 228 valence electrons. The minimum atomic E-state index is -0.471. The number of anilines is 2. The number of nitrogens with zero attached hydrogens (tertiary/aromatic N) is 1. The van der Waals surface area contributed by atoms with Crippen LogP contribution in [0.4, 0.5) is 11.4 Å². The van der Waals surface area contributed by atoms with Crippen LogP contribution in [0.25, 0.3) is 44.8 Å². The summed E-state index contributed by atoms with van der Waals surface area (Å²) in [6, 6.07) is 60.6. The van der Waals surface area contributed by atoms with Crippen LogP contribution in [0.2, 0.25) is 0 Å². The summed E-state index contributed by atoms with van der Waals surface area (Å²) in [4.78, 5) is 2.28. The molecule has 2 aliphatic rings. The zero-order chi connectivity index (χ0) is 32.4. The van der Waals surface area contributed by atoms with Gasteiger partial charge < -0.3 is 4.42 Å². The molecule has 1 aromatic heterocycles. The number of rotatable bonds is 5. The van der Waals surface area contributed by atoms with Crippen LogP contribution in [0.1, 0.15) is 33.4 Å². The van der Waals surface area contributed by atoms with Crippen LogP contribution in [-0.4, -0.2) is 0 Å². The highest BCUT2D eigenvalue weighted by atomic mass is 16.3. The Kier molecular flexibility index (Phi) is 6.04. The lowest BCUT2D eigenvalue weighted by Crippen LogP contribution is -2.28. The van der Waals surface area contributed by atoms with Gasteiger partial charge >= 0.3 is 0 Å². The van der Waals surface area contributed by atoms with Crippen LogP contribution < -0.4 is 4.90 Å². The van der Waals surface area contributed by atoms with E-state index in [9.17, 15) is 0 Å². The number of hydrogen-bond acceptors (Lipinski definition) is 2. The predicted molar refractivity (Wildman–Crippen MR) is 201 cm³/mol. The Labute approximate surface area is 284 Å². The molecule has 0 N–H and O–H groups in total. The molecule has 0 spiro atoms. The topological polar surface area (TPSA) is 16.4 Å². The third-order valence-corrected chi connectivity index (χ3v) is 10.2. The first-order chi connectivity index (χ1) is 24.3. The first-order valence-electron chi connectivity index (χ1n) is 16.7. The summed E-state index contributed by atoms with van der Waals surface area (Å²) in [6.07, 6.45) is 2.12. The van der Waals surface area contributed by atoms with Crippen molar-refractivity contribution in [3.05, 3.63) is 215 Å². The summed E-state index contributed by atoms with van der Waals surface area (Å²) in [5.41, 5.74) is 21.0. The van der Waals surface area contributed by atoms with Crippen molar-refractivity contribution in [2.24, 2.45) is 0 Å². The molecule has 8 aromatic rings. The minimum Gasteiger partial charge on any atom is -0.454 e. The molecular weight excluding hydrogens is 595 g/mol. The van der Waals surface area contributed by atoms with E-state index in [1.807, 2.05) is 12.1 Å². The molecule has 0 radical (unpaired) electrons. The lowest BCUT2D eigenvalue weighted by molar-refractivity contribution is 0.669. The van der Waals surface area contributed by atoms with Gasteiger partial charge in [0.05, 0.1) is 11.1 Å². The number of benzene rings is 7. The normalized spacial score (nSPS) is 13.6. The number of hydrogen-bond donors (Lipinski definition) is 0. The Bertz CT molecular complexity index is 2630. The maximum absolute atomic E-state index is 6.60. The monoisotopic (exact) mass is 623 g/mol. The van der Waals surface area contributed by atoms with E-state index in [1.165, 1.54) is 33.4 Å². The molecule has 0 aliphatic heterocycles. The predicted octanol–water partition coefficient (Wildman–Crippen LogP) is 11.9. The summed E-state index contributed by atoms with van der Waals surface area (Å²) in [5.74, 6) is 0. The Morgan fingerprint density at radius 2 is 1.16 bits per heavy atom. The van der Waals surface area contributed by atoms with E-state index >= 15 is 0 Å². The van der Waals surface area contributed by atoms with Crippen LogP contribution in [0.15, 0.2) is 186 Å². The van der Waals surface area contributed by atoms with Crippen molar-refractivity contribution in [1.29, 1.82) is 0 Å². The second-order valence-electron chi connectivity index (χ2n) is 12.7. The zero-order valence-corrected chi connectivity index (χ0v) is 26.6. The fourth-order valence-electron chi connectivity index (χ4n) is 8.21. The van der Waals surface area contributed by atoms with E-state index < -0.39 is 5.41 Å². The molecule has 0 unspecified atom stereocenters. The van der Waals surface area contributed by atoms with Gasteiger partial charge in [-0.15, -0.1) is 0 Å². The van der Waals surface area contributed by atoms with Crippen LogP contribution in [0.3, 0.4) is 0 Å². The van der Waals surface area contributed by atoms with Crippen LogP contribution in [-0.2, 0) is 5.41 Å². The molecule has 2 aliphatic carbocycles. The lowest BCUT2D eigenvalue weighted by atomic mass is 9.67. The van der Waals surface area contributed by atoms with Gasteiger partial charge in [-0.3, -0.25) is 4.90 Å². The number of furan rings is 1. The maximum Gasteiger partial charge on any atom is 0.159 e. The third kappa shape index (κ3) is 3.91. The Hall–Kier alpha value is -6.56. The molecule has 0 saturated carbocycles. The highest BCUT2D eigenvalue weighted by molar-refractivity contribution is 6.11. The molecule has 1 heterocycles. The van der Waals surface area contributed by atoms with Crippen molar-refractivity contribution in [2.75, 3.05) is 4.90 Å². The second kappa shape index (κ2) is 10.7. The average Bonchev–Trinajstić information content (AvgIpc) is 3.71. The molecule has 49 heavy (non-hydrogen) atoms. The molecule has 2 heteroatoms. The number of para-hydroxylation sites is 3. The van der Waals surface area contributed by atoms with Crippen LogP contribution in [0.5, 0.6) is 0 Å². The smallest absolute Gasteiger partial charge is 0.159 e. The van der Waals surface area contributed by atoms with Crippen molar-refractivity contribution in [2.45, 2.75) is 5.41 Å². The molecule has 0 fully saturated rings. The maximum atomic E-state index is 6.60. The van der Waals surface area contributed by atoms with Crippen LogP contribution in [0, 0.1) is 0 Å². The summed E-state index contributed by atoms with van der Waals surface area (Å²) in [5, 5.41) is 2.19. The summed E-state index contributed by atoms with van der Waals surface area (Å²) < 4.78 is 6.60. The largest absolute Gasteiger partial charge is 0.454 e. The van der Waals surface area contributed by atoms with E-state index in [0.717, 1.165) is 50.1 Å². The van der Waals surface area contributed by atoms with E-state index in [4.69, 9.17) is 4.42 Å². The van der Waals surface area contributed by atoms with Gasteiger partial charge in [0.25, 0.3) is 0 Å². The van der Waals surface area contributed by atoms with Crippen molar-refractivity contribution in [1.82, 2.24) is 0 Å². The van der Waals surface area contributed by atoms with Gasteiger partial charge in [-0.05, 0) is 69.5 Å². The standard InChI is InChI=1S/C47H29NO/c1-4-16-32(17-5-1)47(33-18-6-2-7-19-33)40-26-12-10-23-39(40)45-37-24-14-27-42(35(37)30-31-41(45)47)48(34-20-8-3-9-21-34)43-28-15-25-38-36-22-11-13-29-44(36)49-46(38)43/h1-13,15-26,28-31H.